The maximum absolute atomic E-state index is 12.1. The molecule has 7 nitrogen and oxygen atoms in total. The number of nitrogens with one attached hydrogen (secondary N) is 2. The molecule has 1 aliphatic heterocycles. The molecular formula is C17H26N3O4+. The van der Waals surface area contributed by atoms with Crippen LogP contribution in [0.5, 0.6) is 0 Å². The molecule has 1 heterocycles. The van der Waals surface area contributed by atoms with Crippen LogP contribution in [0.4, 0.5) is 5.69 Å². The molecule has 24 heavy (non-hydrogen) atoms. The first-order chi connectivity index (χ1) is 11.5. The van der Waals surface area contributed by atoms with Gasteiger partial charge >= 0.3 is 0 Å². The van der Waals surface area contributed by atoms with E-state index in [1.54, 1.807) is 11.4 Å². The SMILES string of the molecule is Cc1cccc(NC(=O)C[C@@H]([NH2+]CC[NH+]2CCOCC2)C(=O)[O-])c1. The van der Waals surface area contributed by atoms with Gasteiger partial charge < -0.3 is 30.2 Å². The van der Waals surface area contributed by atoms with Crippen LogP contribution in [0.25, 0.3) is 0 Å². The van der Waals surface area contributed by atoms with E-state index in [1.807, 2.05) is 25.1 Å². The third kappa shape index (κ3) is 6.27. The lowest BCUT2D eigenvalue weighted by Crippen LogP contribution is -3.17. The van der Waals surface area contributed by atoms with Crippen LogP contribution in [0.2, 0.25) is 0 Å². The van der Waals surface area contributed by atoms with Crippen LogP contribution in [0, 0.1) is 6.92 Å². The summed E-state index contributed by atoms with van der Waals surface area (Å²) in [5.41, 5.74) is 1.71. The van der Waals surface area contributed by atoms with E-state index in [0.29, 0.717) is 12.2 Å². The molecular weight excluding hydrogens is 310 g/mol. The molecule has 4 N–H and O–H groups in total. The summed E-state index contributed by atoms with van der Waals surface area (Å²) in [4.78, 5) is 24.7. The van der Waals surface area contributed by atoms with Crippen molar-refractivity contribution in [2.75, 3.05) is 44.7 Å². The van der Waals surface area contributed by atoms with Gasteiger partial charge in [0.05, 0.1) is 25.6 Å². The Morgan fingerprint density at radius 3 is 2.79 bits per heavy atom. The molecule has 1 fully saturated rings. The van der Waals surface area contributed by atoms with Gasteiger partial charge in [0, 0.05) is 5.69 Å². The molecule has 0 spiro atoms. The summed E-state index contributed by atoms with van der Waals surface area (Å²) in [6, 6.07) is 6.54. The van der Waals surface area contributed by atoms with E-state index in [0.717, 1.165) is 38.4 Å². The average molecular weight is 336 g/mol. The predicted octanol–water partition coefficient (Wildman–Crippen LogP) is -3.08. The molecule has 0 saturated carbocycles. The number of quaternary nitrogens is 2. The summed E-state index contributed by atoms with van der Waals surface area (Å²) >= 11 is 0. The second-order valence-electron chi connectivity index (χ2n) is 6.18. The van der Waals surface area contributed by atoms with Crippen LogP contribution in [0.1, 0.15) is 12.0 Å². The largest absolute Gasteiger partial charge is 0.544 e. The number of carbonyl (C=O) groups excluding carboxylic acids is 2. The Balaban J connectivity index is 1.77. The number of aliphatic carboxylic acids is 1. The van der Waals surface area contributed by atoms with Gasteiger partial charge in [-0.05, 0) is 24.6 Å². The highest BCUT2D eigenvalue weighted by Gasteiger charge is 2.20. The number of carboxylic acid groups (broad SMARTS) is 1. The van der Waals surface area contributed by atoms with E-state index in [2.05, 4.69) is 5.32 Å². The van der Waals surface area contributed by atoms with Crippen LogP contribution in [-0.2, 0) is 14.3 Å². The highest BCUT2D eigenvalue weighted by molar-refractivity contribution is 5.93. The van der Waals surface area contributed by atoms with Gasteiger partial charge in [0.15, 0.2) is 0 Å². The molecule has 0 bridgehead atoms. The molecule has 1 aliphatic rings. The third-order valence-corrected chi connectivity index (χ3v) is 4.16. The molecule has 1 atom stereocenters. The minimum Gasteiger partial charge on any atom is -0.544 e. The average Bonchev–Trinajstić information content (AvgIpc) is 2.54. The number of amides is 1. The van der Waals surface area contributed by atoms with Gasteiger partial charge in [-0.25, -0.2) is 0 Å². The second-order valence-corrected chi connectivity index (χ2v) is 6.18. The van der Waals surface area contributed by atoms with Crippen molar-refractivity contribution in [3.05, 3.63) is 29.8 Å². The van der Waals surface area contributed by atoms with E-state index in [1.165, 1.54) is 4.90 Å². The lowest BCUT2D eigenvalue weighted by molar-refractivity contribution is -0.920. The zero-order chi connectivity index (χ0) is 17.4. The van der Waals surface area contributed by atoms with Crippen molar-refractivity contribution in [3.63, 3.8) is 0 Å². The predicted molar refractivity (Wildman–Crippen MR) is 86.4 cm³/mol. The highest BCUT2D eigenvalue weighted by atomic mass is 16.5. The first kappa shape index (κ1) is 18.4. The Morgan fingerprint density at radius 2 is 2.12 bits per heavy atom. The maximum atomic E-state index is 12.1. The lowest BCUT2D eigenvalue weighted by atomic mass is 10.1. The first-order valence-electron chi connectivity index (χ1n) is 8.36. The van der Waals surface area contributed by atoms with Gasteiger partial charge in [0.1, 0.15) is 32.2 Å². The topological polar surface area (TPSA) is 99.5 Å². The standard InChI is InChI=1S/C17H25N3O4/c1-13-3-2-4-14(11-13)19-16(21)12-15(17(22)23)18-5-6-20-7-9-24-10-8-20/h2-4,11,15,18H,5-10,12H2,1H3,(H,19,21)(H,22,23)/p+1/t15-/m1/s1. The molecule has 1 amide bonds. The quantitative estimate of drug-likeness (QED) is 0.469. The van der Waals surface area contributed by atoms with Crippen LogP contribution in [-0.4, -0.2) is 57.3 Å². The second kappa shape index (κ2) is 9.36. The highest BCUT2D eigenvalue weighted by Crippen LogP contribution is 2.09. The van der Waals surface area contributed by atoms with Gasteiger partial charge in [0.2, 0.25) is 5.91 Å². The van der Waals surface area contributed by atoms with Crippen molar-refractivity contribution in [3.8, 4) is 0 Å². The summed E-state index contributed by atoms with van der Waals surface area (Å²) in [5, 5.41) is 15.7. The number of hydrogen-bond acceptors (Lipinski definition) is 4. The van der Waals surface area contributed by atoms with Crippen molar-refractivity contribution in [2.45, 2.75) is 19.4 Å². The number of carbonyl (C=O) groups is 2. The minimum absolute atomic E-state index is 0.102. The van der Waals surface area contributed by atoms with Crippen molar-refractivity contribution in [1.82, 2.24) is 0 Å². The zero-order valence-electron chi connectivity index (χ0n) is 14.0. The molecule has 7 heteroatoms. The minimum atomic E-state index is -1.20. The summed E-state index contributed by atoms with van der Waals surface area (Å²) in [7, 11) is 0. The van der Waals surface area contributed by atoms with E-state index in [4.69, 9.17) is 4.74 Å². The van der Waals surface area contributed by atoms with Gasteiger partial charge in [-0.2, -0.15) is 0 Å². The number of hydrogen-bond donors (Lipinski definition) is 3. The number of anilines is 1. The number of ether oxygens (including phenoxy) is 1. The van der Waals surface area contributed by atoms with Gasteiger partial charge in [-0.15, -0.1) is 0 Å². The number of morpholine rings is 1. The van der Waals surface area contributed by atoms with Crippen molar-refractivity contribution >= 4 is 17.6 Å². The summed E-state index contributed by atoms with van der Waals surface area (Å²) in [5.74, 6) is -1.52. The third-order valence-electron chi connectivity index (χ3n) is 4.16. The van der Waals surface area contributed by atoms with Gasteiger partial charge in [-0.3, -0.25) is 4.79 Å². The van der Waals surface area contributed by atoms with Gasteiger partial charge in [0.25, 0.3) is 0 Å². The van der Waals surface area contributed by atoms with E-state index < -0.39 is 12.0 Å². The fraction of sp³-hybridized carbons (Fsp3) is 0.529. The van der Waals surface area contributed by atoms with Crippen molar-refractivity contribution in [2.24, 2.45) is 0 Å². The molecule has 1 saturated heterocycles. The summed E-state index contributed by atoms with van der Waals surface area (Å²) in [6.07, 6.45) is -0.102. The van der Waals surface area contributed by atoms with E-state index in [9.17, 15) is 14.7 Å². The fourth-order valence-electron chi connectivity index (χ4n) is 2.80. The van der Waals surface area contributed by atoms with Crippen molar-refractivity contribution in [1.29, 1.82) is 0 Å². The van der Waals surface area contributed by atoms with Crippen LogP contribution in [0.15, 0.2) is 24.3 Å². The number of rotatable bonds is 8. The smallest absolute Gasteiger partial charge is 0.230 e. The van der Waals surface area contributed by atoms with E-state index >= 15 is 0 Å². The molecule has 2 rings (SSSR count). The normalized spacial score (nSPS) is 16.5. The maximum Gasteiger partial charge on any atom is 0.230 e. The Bertz CT molecular complexity index is 559. The molecule has 0 aromatic heterocycles. The number of aryl methyl sites for hydroxylation is 1. The Kier molecular flexibility index (Phi) is 7.17. The van der Waals surface area contributed by atoms with Crippen molar-refractivity contribution < 1.29 is 29.6 Å². The summed E-state index contributed by atoms with van der Waals surface area (Å²) in [6.45, 7) is 6.81. The molecule has 132 valence electrons. The van der Waals surface area contributed by atoms with E-state index in [-0.39, 0.29) is 12.3 Å². The summed E-state index contributed by atoms with van der Waals surface area (Å²) < 4.78 is 5.29. The van der Waals surface area contributed by atoms with Crippen LogP contribution < -0.4 is 20.6 Å². The Labute approximate surface area is 142 Å². The Hall–Kier alpha value is -1.96. The number of benzene rings is 1. The first-order valence-corrected chi connectivity index (χ1v) is 8.36. The molecule has 0 radical (unpaired) electrons. The molecule has 0 aliphatic carbocycles. The van der Waals surface area contributed by atoms with Crippen LogP contribution >= 0.6 is 0 Å². The van der Waals surface area contributed by atoms with Crippen LogP contribution in [0.3, 0.4) is 0 Å². The molecule has 1 aromatic carbocycles. The number of carboxylic acids is 1. The zero-order valence-corrected chi connectivity index (χ0v) is 14.0. The molecule has 1 aromatic rings. The fourth-order valence-corrected chi connectivity index (χ4v) is 2.80. The lowest BCUT2D eigenvalue weighted by Gasteiger charge is -2.24. The Morgan fingerprint density at radius 1 is 1.38 bits per heavy atom. The monoisotopic (exact) mass is 336 g/mol. The molecule has 0 unspecified atom stereocenters. The number of nitrogens with two attached hydrogens (primary N) is 1. The van der Waals surface area contributed by atoms with Gasteiger partial charge in [-0.1, -0.05) is 12.1 Å².